The molecule has 0 saturated heterocycles. The molecule has 2 aromatic heterocycles. The molecule has 1 aromatic carbocycles. The number of thiazole rings is 1. The summed E-state index contributed by atoms with van der Waals surface area (Å²) in [6.45, 7) is 0. The van der Waals surface area contributed by atoms with Gasteiger partial charge in [0.2, 0.25) is 0 Å². The van der Waals surface area contributed by atoms with Gasteiger partial charge in [0.25, 0.3) is 0 Å². The van der Waals surface area contributed by atoms with Gasteiger partial charge in [-0.05, 0) is 12.1 Å². The molecule has 7 heteroatoms. The largest absolute Gasteiger partial charge is 0.375 e. The SMILES string of the molecule is Nc1nc(-c2ccc(Cl)cc2)c(-n2cncn2)s1. The van der Waals surface area contributed by atoms with Gasteiger partial charge in [-0.2, -0.15) is 5.10 Å². The van der Waals surface area contributed by atoms with E-state index in [9.17, 15) is 0 Å². The van der Waals surface area contributed by atoms with Crippen LogP contribution in [0.5, 0.6) is 0 Å². The second-order valence-electron chi connectivity index (χ2n) is 3.55. The molecule has 3 rings (SSSR count). The van der Waals surface area contributed by atoms with Crippen molar-refractivity contribution >= 4 is 28.1 Å². The van der Waals surface area contributed by atoms with Crippen LogP contribution in [0.4, 0.5) is 5.13 Å². The molecule has 0 bridgehead atoms. The van der Waals surface area contributed by atoms with Crippen LogP contribution in [0, 0.1) is 0 Å². The van der Waals surface area contributed by atoms with Crippen molar-refractivity contribution in [3.8, 4) is 16.3 Å². The molecule has 0 unspecified atom stereocenters. The van der Waals surface area contributed by atoms with E-state index in [0.29, 0.717) is 10.2 Å². The first-order valence-corrected chi connectivity index (χ1v) is 6.31. The molecule has 0 radical (unpaired) electrons. The Labute approximate surface area is 112 Å². The van der Waals surface area contributed by atoms with Crippen molar-refractivity contribution in [1.82, 2.24) is 19.7 Å². The monoisotopic (exact) mass is 277 g/mol. The number of hydrogen-bond acceptors (Lipinski definition) is 5. The van der Waals surface area contributed by atoms with Crippen molar-refractivity contribution in [2.75, 3.05) is 5.73 Å². The third-order valence-corrected chi connectivity index (χ3v) is 3.50. The maximum Gasteiger partial charge on any atom is 0.182 e. The van der Waals surface area contributed by atoms with E-state index >= 15 is 0 Å². The average Bonchev–Trinajstić information content (AvgIpc) is 2.98. The van der Waals surface area contributed by atoms with Crippen molar-refractivity contribution in [2.45, 2.75) is 0 Å². The van der Waals surface area contributed by atoms with Gasteiger partial charge in [0.15, 0.2) is 5.13 Å². The van der Waals surface area contributed by atoms with Crippen LogP contribution in [0.15, 0.2) is 36.9 Å². The Morgan fingerprint density at radius 2 is 2.00 bits per heavy atom. The van der Waals surface area contributed by atoms with Crippen molar-refractivity contribution < 1.29 is 0 Å². The number of aromatic nitrogens is 4. The van der Waals surface area contributed by atoms with Gasteiger partial charge in [-0.25, -0.2) is 14.6 Å². The lowest BCUT2D eigenvalue weighted by molar-refractivity contribution is 0.895. The minimum atomic E-state index is 0.491. The Bertz CT molecular complexity index is 659. The molecule has 2 N–H and O–H groups in total. The molecule has 90 valence electrons. The minimum absolute atomic E-state index is 0.491. The van der Waals surface area contributed by atoms with Crippen molar-refractivity contribution in [2.24, 2.45) is 0 Å². The number of anilines is 1. The number of nitrogen functional groups attached to an aromatic ring is 1. The van der Waals surface area contributed by atoms with Gasteiger partial charge < -0.3 is 5.73 Å². The Morgan fingerprint density at radius 1 is 1.22 bits per heavy atom. The van der Waals surface area contributed by atoms with Crippen LogP contribution in [-0.2, 0) is 0 Å². The summed E-state index contributed by atoms with van der Waals surface area (Å²) in [5.41, 5.74) is 7.49. The highest BCUT2D eigenvalue weighted by Gasteiger charge is 2.13. The maximum absolute atomic E-state index is 5.87. The third kappa shape index (κ3) is 1.96. The van der Waals surface area contributed by atoms with E-state index in [1.807, 2.05) is 24.3 Å². The van der Waals surface area contributed by atoms with Gasteiger partial charge in [0.1, 0.15) is 23.3 Å². The van der Waals surface area contributed by atoms with E-state index in [-0.39, 0.29) is 0 Å². The predicted octanol–water partition coefficient (Wildman–Crippen LogP) is 2.63. The molecule has 0 amide bonds. The molecule has 2 heterocycles. The maximum atomic E-state index is 5.87. The summed E-state index contributed by atoms with van der Waals surface area (Å²) in [7, 11) is 0. The van der Waals surface area contributed by atoms with E-state index in [1.165, 1.54) is 17.7 Å². The number of hydrogen-bond donors (Lipinski definition) is 1. The standard InChI is InChI=1S/C11H8ClN5S/c12-8-3-1-7(2-4-8)9-10(18-11(13)16-9)17-6-14-5-15-17/h1-6H,(H2,13,16). The van der Waals surface area contributed by atoms with E-state index in [0.717, 1.165) is 16.3 Å². The zero-order valence-electron chi connectivity index (χ0n) is 9.12. The Hall–Kier alpha value is -1.92. The lowest BCUT2D eigenvalue weighted by Gasteiger charge is -2.01. The van der Waals surface area contributed by atoms with Gasteiger partial charge in [0.05, 0.1) is 0 Å². The summed E-state index contributed by atoms with van der Waals surface area (Å²) in [5, 5.41) is 6.11. The van der Waals surface area contributed by atoms with Crippen molar-refractivity contribution in [1.29, 1.82) is 0 Å². The molecule has 18 heavy (non-hydrogen) atoms. The molecule has 0 atom stereocenters. The minimum Gasteiger partial charge on any atom is -0.375 e. The predicted molar refractivity (Wildman–Crippen MR) is 71.9 cm³/mol. The summed E-state index contributed by atoms with van der Waals surface area (Å²) in [6.07, 6.45) is 3.09. The molecular formula is C11H8ClN5S. The number of rotatable bonds is 2. The van der Waals surface area contributed by atoms with E-state index in [4.69, 9.17) is 17.3 Å². The lowest BCUT2D eigenvalue weighted by Crippen LogP contribution is -1.93. The molecule has 0 aliphatic heterocycles. The van der Waals surface area contributed by atoms with Crippen LogP contribution < -0.4 is 5.73 Å². The smallest absolute Gasteiger partial charge is 0.182 e. The van der Waals surface area contributed by atoms with Gasteiger partial charge in [0, 0.05) is 10.6 Å². The highest BCUT2D eigenvalue weighted by molar-refractivity contribution is 7.18. The fraction of sp³-hybridized carbons (Fsp3) is 0. The molecule has 5 nitrogen and oxygen atoms in total. The zero-order valence-corrected chi connectivity index (χ0v) is 10.7. The van der Waals surface area contributed by atoms with E-state index in [2.05, 4.69) is 15.1 Å². The van der Waals surface area contributed by atoms with Gasteiger partial charge in [-0.3, -0.25) is 0 Å². The average molecular weight is 278 g/mol. The van der Waals surface area contributed by atoms with Crippen LogP contribution in [-0.4, -0.2) is 19.7 Å². The molecule has 0 aliphatic rings. The van der Waals surface area contributed by atoms with Gasteiger partial charge in [-0.15, -0.1) is 0 Å². The first-order valence-electron chi connectivity index (χ1n) is 5.11. The Balaban J connectivity index is 2.15. The highest BCUT2D eigenvalue weighted by atomic mass is 35.5. The van der Waals surface area contributed by atoms with Crippen LogP contribution in [0.1, 0.15) is 0 Å². The van der Waals surface area contributed by atoms with Crippen molar-refractivity contribution in [3.05, 3.63) is 41.9 Å². The highest BCUT2D eigenvalue weighted by Crippen LogP contribution is 2.32. The number of nitrogens with two attached hydrogens (primary N) is 1. The third-order valence-electron chi connectivity index (χ3n) is 2.37. The second-order valence-corrected chi connectivity index (χ2v) is 5.00. The molecule has 3 aromatic rings. The zero-order chi connectivity index (χ0) is 12.5. The summed E-state index contributed by atoms with van der Waals surface area (Å²) in [4.78, 5) is 8.26. The van der Waals surface area contributed by atoms with Crippen molar-refractivity contribution in [3.63, 3.8) is 0 Å². The van der Waals surface area contributed by atoms with Crippen LogP contribution in [0.3, 0.4) is 0 Å². The summed E-state index contributed by atoms with van der Waals surface area (Å²) >= 11 is 7.24. The first-order chi connectivity index (χ1) is 8.74. The van der Waals surface area contributed by atoms with Gasteiger partial charge in [-0.1, -0.05) is 35.1 Å². The van der Waals surface area contributed by atoms with E-state index in [1.54, 1.807) is 11.0 Å². The van der Waals surface area contributed by atoms with Crippen LogP contribution >= 0.6 is 22.9 Å². The summed E-state index contributed by atoms with van der Waals surface area (Å²) < 4.78 is 1.65. The summed E-state index contributed by atoms with van der Waals surface area (Å²) in [5.74, 6) is 0. The first kappa shape index (κ1) is 11.2. The lowest BCUT2D eigenvalue weighted by atomic mass is 10.2. The molecular weight excluding hydrogens is 270 g/mol. The van der Waals surface area contributed by atoms with E-state index < -0.39 is 0 Å². The number of halogens is 1. The molecule has 0 saturated carbocycles. The Kier molecular flexibility index (Phi) is 2.73. The number of benzene rings is 1. The number of nitrogens with zero attached hydrogens (tertiary/aromatic N) is 4. The Morgan fingerprint density at radius 3 is 2.67 bits per heavy atom. The molecule has 0 aliphatic carbocycles. The topological polar surface area (TPSA) is 69.6 Å². The van der Waals surface area contributed by atoms with Crippen LogP contribution in [0.25, 0.3) is 16.3 Å². The molecule has 0 spiro atoms. The molecule has 0 fully saturated rings. The normalized spacial score (nSPS) is 10.7. The van der Waals surface area contributed by atoms with Gasteiger partial charge >= 0.3 is 0 Å². The second kappa shape index (κ2) is 4.40. The van der Waals surface area contributed by atoms with Crippen LogP contribution in [0.2, 0.25) is 5.02 Å². The quantitative estimate of drug-likeness (QED) is 0.782. The summed E-state index contributed by atoms with van der Waals surface area (Å²) in [6, 6.07) is 7.43. The fourth-order valence-electron chi connectivity index (χ4n) is 1.59. The fourth-order valence-corrected chi connectivity index (χ4v) is 2.50.